The van der Waals surface area contributed by atoms with Crippen LogP contribution in [-0.2, 0) is 0 Å². The minimum absolute atomic E-state index is 0.306. The molecule has 0 radical (unpaired) electrons. The Morgan fingerprint density at radius 1 is 1.36 bits per heavy atom. The van der Waals surface area contributed by atoms with Crippen molar-refractivity contribution < 1.29 is 5.11 Å². The van der Waals surface area contributed by atoms with Crippen LogP contribution in [0.2, 0.25) is 24.2 Å². The van der Waals surface area contributed by atoms with E-state index in [4.69, 9.17) is 0 Å². The molecule has 14 heavy (non-hydrogen) atoms. The van der Waals surface area contributed by atoms with Crippen molar-refractivity contribution in [2.45, 2.75) is 63.9 Å². The van der Waals surface area contributed by atoms with Crippen LogP contribution in [0.25, 0.3) is 0 Å². The van der Waals surface area contributed by atoms with Gasteiger partial charge in [-0.2, -0.15) is 0 Å². The summed E-state index contributed by atoms with van der Waals surface area (Å²) in [7, 11) is -1.13. The average molecular weight is 214 g/mol. The van der Waals surface area contributed by atoms with Gasteiger partial charge in [0.1, 0.15) is 0 Å². The van der Waals surface area contributed by atoms with E-state index < -0.39 is 8.07 Å². The summed E-state index contributed by atoms with van der Waals surface area (Å²) in [5, 5.41) is 9.82. The predicted molar refractivity (Wildman–Crippen MR) is 67.4 cm³/mol. The molecule has 0 heterocycles. The molecular weight excluding hydrogens is 188 g/mol. The summed E-state index contributed by atoms with van der Waals surface area (Å²) in [6, 6.07) is 1.29. The van der Waals surface area contributed by atoms with Gasteiger partial charge in [0.25, 0.3) is 0 Å². The van der Waals surface area contributed by atoms with Gasteiger partial charge in [0, 0.05) is 0 Å². The molecule has 0 unspecified atom stereocenters. The zero-order chi connectivity index (χ0) is 11.4. The molecule has 1 atom stereocenters. The van der Waals surface area contributed by atoms with E-state index in [2.05, 4.69) is 40.4 Å². The van der Waals surface area contributed by atoms with Crippen molar-refractivity contribution >= 4 is 8.07 Å². The molecule has 0 aromatic rings. The third-order valence-corrected chi connectivity index (χ3v) is 9.27. The molecule has 0 aliphatic rings. The topological polar surface area (TPSA) is 20.2 Å². The van der Waals surface area contributed by atoms with Crippen LogP contribution in [0.3, 0.4) is 0 Å². The molecule has 0 aliphatic carbocycles. The first kappa shape index (κ1) is 13.9. The summed E-state index contributed by atoms with van der Waals surface area (Å²) < 4.78 is 0. The minimum Gasteiger partial charge on any atom is -0.389 e. The van der Waals surface area contributed by atoms with Crippen molar-refractivity contribution in [1.82, 2.24) is 0 Å². The van der Waals surface area contributed by atoms with E-state index in [9.17, 15) is 5.11 Å². The standard InChI is InChI=1S/C12H26OSi/c1-7-11(13)9-8-10-14(5,6)12(2,3)4/h7,11,13H,1,8-10H2,2-6H3/t11-/m1/s1. The van der Waals surface area contributed by atoms with Gasteiger partial charge in [0.05, 0.1) is 14.2 Å². The first-order valence-electron chi connectivity index (χ1n) is 5.51. The first-order chi connectivity index (χ1) is 6.20. The Morgan fingerprint density at radius 2 is 1.86 bits per heavy atom. The van der Waals surface area contributed by atoms with Crippen LogP contribution < -0.4 is 0 Å². The second kappa shape index (κ2) is 5.13. The Bertz CT molecular complexity index is 179. The summed E-state index contributed by atoms with van der Waals surface area (Å²) in [5.41, 5.74) is 0. The van der Waals surface area contributed by atoms with Crippen LogP contribution in [-0.4, -0.2) is 19.3 Å². The maximum atomic E-state index is 9.35. The van der Waals surface area contributed by atoms with E-state index in [1.807, 2.05) is 0 Å². The van der Waals surface area contributed by atoms with Gasteiger partial charge in [-0.3, -0.25) is 0 Å². The van der Waals surface area contributed by atoms with Gasteiger partial charge in [0.2, 0.25) is 0 Å². The van der Waals surface area contributed by atoms with E-state index >= 15 is 0 Å². The SMILES string of the molecule is C=C[C@@H](O)CCC[Si](C)(C)C(C)(C)C. The third-order valence-electron chi connectivity index (χ3n) is 3.60. The van der Waals surface area contributed by atoms with Crippen LogP contribution >= 0.6 is 0 Å². The van der Waals surface area contributed by atoms with E-state index in [0.29, 0.717) is 5.04 Å². The van der Waals surface area contributed by atoms with Crippen molar-refractivity contribution in [1.29, 1.82) is 0 Å². The highest BCUT2D eigenvalue weighted by Gasteiger charge is 2.33. The highest BCUT2D eigenvalue weighted by atomic mass is 28.3. The summed E-state index contributed by atoms with van der Waals surface area (Å²) in [5.74, 6) is 0. The number of hydrogen-bond acceptors (Lipinski definition) is 1. The molecule has 0 rings (SSSR count). The summed E-state index contributed by atoms with van der Waals surface area (Å²) in [6.07, 6.45) is 3.32. The Labute approximate surface area is 90.2 Å². The summed E-state index contributed by atoms with van der Waals surface area (Å²) in [4.78, 5) is 0. The summed E-state index contributed by atoms with van der Waals surface area (Å²) in [6.45, 7) is 15.5. The quantitative estimate of drug-likeness (QED) is 0.545. The van der Waals surface area contributed by atoms with Crippen molar-refractivity contribution in [3.05, 3.63) is 12.7 Å². The molecule has 0 bridgehead atoms. The Kier molecular flexibility index (Phi) is 5.10. The predicted octanol–water partition coefficient (Wildman–Crippen LogP) is 3.82. The van der Waals surface area contributed by atoms with Gasteiger partial charge in [-0.1, -0.05) is 52.4 Å². The Balaban J connectivity index is 3.95. The fourth-order valence-corrected chi connectivity index (χ4v) is 3.08. The van der Waals surface area contributed by atoms with Gasteiger partial charge in [-0.05, 0) is 11.5 Å². The maximum absolute atomic E-state index is 9.35. The molecule has 1 N–H and O–H groups in total. The summed E-state index contributed by atoms with van der Waals surface area (Å²) >= 11 is 0. The second-order valence-electron chi connectivity index (χ2n) is 5.83. The number of hydrogen-bond donors (Lipinski definition) is 1. The largest absolute Gasteiger partial charge is 0.389 e. The zero-order valence-electron chi connectivity index (χ0n) is 10.4. The zero-order valence-corrected chi connectivity index (χ0v) is 11.4. The third kappa shape index (κ3) is 4.42. The molecule has 0 aliphatic heterocycles. The fraction of sp³-hybridized carbons (Fsp3) is 0.833. The molecule has 1 nitrogen and oxygen atoms in total. The lowest BCUT2D eigenvalue weighted by Crippen LogP contribution is -2.36. The molecule has 0 saturated heterocycles. The van der Waals surface area contributed by atoms with Gasteiger partial charge in [-0.15, -0.1) is 6.58 Å². The fourth-order valence-electron chi connectivity index (χ4n) is 1.25. The normalized spacial score (nSPS) is 15.3. The smallest absolute Gasteiger partial charge is 0.0718 e. The van der Waals surface area contributed by atoms with Crippen molar-refractivity contribution in [3.63, 3.8) is 0 Å². The number of aliphatic hydroxyl groups is 1. The van der Waals surface area contributed by atoms with Crippen LogP contribution in [0.1, 0.15) is 33.6 Å². The molecule has 0 fully saturated rings. The van der Waals surface area contributed by atoms with Gasteiger partial charge >= 0.3 is 0 Å². The van der Waals surface area contributed by atoms with Crippen LogP contribution in [0, 0.1) is 0 Å². The van der Waals surface area contributed by atoms with E-state index in [0.717, 1.165) is 12.8 Å². The van der Waals surface area contributed by atoms with Gasteiger partial charge in [-0.25, -0.2) is 0 Å². The highest BCUT2D eigenvalue weighted by Crippen LogP contribution is 2.39. The molecule has 0 saturated carbocycles. The molecule has 84 valence electrons. The van der Waals surface area contributed by atoms with Crippen molar-refractivity contribution in [3.8, 4) is 0 Å². The Morgan fingerprint density at radius 3 is 2.21 bits per heavy atom. The van der Waals surface area contributed by atoms with Crippen LogP contribution in [0.15, 0.2) is 12.7 Å². The molecule has 0 spiro atoms. The molecular formula is C12H26OSi. The van der Waals surface area contributed by atoms with Crippen LogP contribution in [0.5, 0.6) is 0 Å². The second-order valence-corrected chi connectivity index (χ2v) is 11.6. The van der Waals surface area contributed by atoms with Gasteiger partial charge in [0.15, 0.2) is 0 Å². The van der Waals surface area contributed by atoms with Gasteiger partial charge < -0.3 is 5.11 Å². The lowest BCUT2D eigenvalue weighted by atomic mass is 10.2. The number of aliphatic hydroxyl groups excluding tert-OH is 1. The van der Waals surface area contributed by atoms with E-state index in [1.54, 1.807) is 6.08 Å². The molecule has 2 heteroatoms. The maximum Gasteiger partial charge on any atom is 0.0718 e. The first-order valence-corrected chi connectivity index (χ1v) is 8.72. The van der Waals surface area contributed by atoms with E-state index in [1.165, 1.54) is 6.04 Å². The molecule has 0 aromatic heterocycles. The van der Waals surface area contributed by atoms with E-state index in [-0.39, 0.29) is 6.10 Å². The van der Waals surface area contributed by atoms with Crippen molar-refractivity contribution in [2.24, 2.45) is 0 Å². The van der Waals surface area contributed by atoms with Crippen LogP contribution in [0.4, 0.5) is 0 Å². The average Bonchev–Trinajstić information content (AvgIpc) is 2.01. The highest BCUT2D eigenvalue weighted by molar-refractivity contribution is 6.80. The minimum atomic E-state index is -1.13. The lowest BCUT2D eigenvalue weighted by molar-refractivity contribution is 0.211. The van der Waals surface area contributed by atoms with Crippen molar-refractivity contribution in [2.75, 3.05) is 0 Å². The molecule has 0 aromatic carbocycles. The lowest BCUT2D eigenvalue weighted by Gasteiger charge is -2.37. The number of rotatable bonds is 5. The monoisotopic (exact) mass is 214 g/mol. The Hall–Kier alpha value is -0.0831. The molecule has 0 amide bonds.